The van der Waals surface area contributed by atoms with Crippen LogP contribution in [0.2, 0.25) is 0 Å². The second kappa shape index (κ2) is 11.6. The van der Waals surface area contributed by atoms with Crippen LogP contribution in [0.4, 0.5) is 0 Å². The zero-order valence-electron chi connectivity index (χ0n) is 15.7. The zero-order valence-corrected chi connectivity index (χ0v) is 19.7. The van der Waals surface area contributed by atoms with E-state index in [0.717, 1.165) is 23.6 Å². The number of halogens is 1. The maximum atomic E-state index is 11.6. The normalized spacial score (nSPS) is 12.9. The summed E-state index contributed by atoms with van der Waals surface area (Å²) < 4.78 is 25.5. The molecule has 27 heavy (non-hydrogen) atoms. The standard InChI is InChI=1S/C18H26N4O2S2.HI/c1-14(17-5-4-10-25-17)11-21-18(19-2)22-12-15-6-8-16(9-7-15)13-26(23,24)20-3;/h4-10,14,20H,11-13H2,1-3H3,(H2,19,21,22);1H. The van der Waals surface area contributed by atoms with Crippen molar-refractivity contribution in [3.05, 3.63) is 57.8 Å². The molecule has 1 heterocycles. The molecular weight excluding hydrogens is 495 g/mol. The Bertz CT molecular complexity index is 806. The van der Waals surface area contributed by atoms with Gasteiger partial charge in [0.1, 0.15) is 0 Å². The molecule has 0 bridgehead atoms. The molecule has 2 aromatic rings. The van der Waals surface area contributed by atoms with Crippen LogP contribution in [0.1, 0.15) is 28.8 Å². The molecule has 0 amide bonds. The first kappa shape index (κ1) is 23.9. The van der Waals surface area contributed by atoms with Crippen molar-refractivity contribution in [2.75, 3.05) is 20.6 Å². The predicted molar refractivity (Wildman–Crippen MR) is 124 cm³/mol. The van der Waals surface area contributed by atoms with Crippen molar-refractivity contribution in [3.63, 3.8) is 0 Å². The molecule has 150 valence electrons. The molecule has 3 N–H and O–H groups in total. The number of benzene rings is 1. The third kappa shape index (κ3) is 8.16. The van der Waals surface area contributed by atoms with Crippen molar-refractivity contribution in [1.29, 1.82) is 0 Å². The number of nitrogens with zero attached hydrogens (tertiary/aromatic N) is 1. The Morgan fingerprint density at radius 1 is 1.15 bits per heavy atom. The number of hydrogen-bond acceptors (Lipinski definition) is 4. The molecule has 0 radical (unpaired) electrons. The summed E-state index contributed by atoms with van der Waals surface area (Å²) in [4.78, 5) is 5.59. The lowest BCUT2D eigenvalue weighted by Gasteiger charge is -2.15. The van der Waals surface area contributed by atoms with Gasteiger partial charge in [-0.15, -0.1) is 35.3 Å². The molecule has 9 heteroatoms. The van der Waals surface area contributed by atoms with Gasteiger partial charge in [-0.1, -0.05) is 37.3 Å². The Labute approximate surface area is 182 Å². The molecule has 2 rings (SSSR count). The molecule has 0 saturated carbocycles. The molecular formula is C18H27IN4O2S2. The van der Waals surface area contributed by atoms with E-state index in [-0.39, 0.29) is 29.7 Å². The third-order valence-electron chi connectivity index (χ3n) is 3.98. The molecule has 1 unspecified atom stereocenters. The first-order valence-corrected chi connectivity index (χ1v) is 10.9. The number of guanidine groups is 1. The van der Waals surface area contributed by atoms with E-state index in [4.69, 9.17) is 0 Å². The van der Waals surface area contributed by atoms with Gasteiger partial charge in [0.15, 0.2) is 5.96 Å². The van der Waals surface area contributed by atoms with E-state index in [1.165, 1.54) is 11.9 Å². The first-order chi connectivity index (χ1) is 12.4. The monoisotopic (exact) mass is 522 g/mol. The third-order valence-corrected chi connectivity index (χ3v) is 6.42. The average Bonchev–Trinajstić information content (AvgIpc) is 3.17. The minimum Gasteiger partial charge on any atom is -0.356 e. The molecule has 0 aliphatic carbocycles. The summed E-state index contributed by atoms with van der Waals surface area (Å²) in [6, 6.07) is 11.7. The highest BCUT2D eigenvalue weighted by Gasteiger charge is 2.09. The summed E-state index contributed by atoms with van der Waals surface area (Å²) in [5.41, 5.74) is 1.82. The van der Waals surface area contributed by atoms with E-state index in [1.807, 2.05) is 24.3 Å². The van der Waals surface area contributed by atoms with Gasteiger partial charge in [0, 0.05) is 30.9 Å². The van der Waals surface area contributed by atoms with Crippen LogP contribution in [0, 0.1) is 0 Å². The Morgan fingerprint density at radius 3 is 2.37 bits per heavy atom. The highest BCUT2D eigenvalue weighted by molar-refractivity contribution is 14.0. The molecule has 1 atom stereocenters. The fourth-order valence-electron chi connectivity index (χ4n) is 2.37. The summed E-state index contributed by atoms with van der Waals surface area (Å²) in [5, 5.41) is 8.70. The lowest BCUT2D eigenvalue weighted by molar-refractivity contribution is 0.587. The van der Waals surface area contributed by atoms with E-state index in [2.05, 4.69) is 44.8 Å². The van der Waals surface area contributed by atoms with Crippen LogP contribution < -0.4 is 15.4 Å². The van der Waals surface area contributed by atoms with E-state index in [1.54, 1.807) is 18.4 Å². The smallest absolute Gasteiger partial charge is 0.215 e. The topological polar surface area (TPSA) is 82.6 Å². The van der Waals surface area contributed by atoms with Gasteiger partial charge in [0.25, 0.3) is 0 Å². The highest BCUT2D eigenvalue weighted by Crippen LogP contribution is 2.19. The first-order valence-electron chi connectivity index (χ1n) is 8.40. The Kier molecular flexibility index (Phi) is 10.3. The SMILES string of the molecule is CN=C(NCc1ccc(CS(=O)(=O)NC)cc1)NCC(C)c1cccs1.I. The zero-order chi connectivity index (χ0) is 19.0. The molecule has 0 saturated heterocycles. The molecule has 0 aliphatic heterocycles. The van der Waals surface area contributed by atoms with Gasteiger partial charge in [-0.3, -0.25) is 4.99 Å². The number of rotatable bonds is 8. The van der Waals surface area contributed by atoms with Crippen molar-refractivity contribution < 1.29 is 8.42 Å². The maximum Gasteiger partial charge on any atom is 0.215 e. The van der Waals surface area contributed by atoms with Crippen molar-refractivity contribution >= 4 is 51.3 Å². The van der Waals surface area contributed by atoms with Gasteiger partial charge < -0.3 is 10.6 Å². The van der Waals surface area contributed by atoms with Gasteiger partial charge in [-0.05, 0) is 29.6 Å². The second-order valence-electron chi connectivity index (χ2n) is 6.00. The summed E-state index contributed by atoms with van der Waals surface area (Å²) in [7, 11) is -0.0742. The van der Waals surface area contributed by atoms with Gasteiger partial charge in [-0.2, -0.15) is 0 Å². The van der Waals surface area contributed by atoms with E-state index >= 15 is 0 Å². The summed E-state index contributed by atoms with van der Waals surface area (Å²) in [6.45, 7) is 3.61. The number of nitrogens with one attached hydrogen (secondary N) is 3. The molecule has 1 aromatic heterocycles. The van der Waals surface area contributed by atoms with Crippen LogP contribution in [0.5, 0.6) is 0 Å². The number of thiophene rings is 1. The lowest BCUT2D eigenvalue weighted by atomic mass is 10.1. The van der Waals surface area contributed by atoms with Crippen molar-refractivity contribution in [1.82, 2.24) is 15.4 Å². The Balaban J connectivity index is 0.00000364. The van der Waals surface area contributed by atoms with Crippen LogP contribution in [0.25, 0.3) is 0 Å². The van der Waals surface area contributed by atoms with Crippen molar-refractivity contribution in [2.24, 2.45) is 4.99 Å². The minimum absolute atomic E-state index is 0. The molecule has 0 aliphatic rings. The summed E-state index contributed by atoms with van der Waals surface area (Å²) >= 11 is 1.76. The van der Waals surface area contributed by atoms with Crippen LogP contribution in [0.15, 0.2) is 46.8 Å². The molecule has 0 fully saturated rings. The largest absolute Gasteiger partial charge is 0.356 e. The minimum atomic E-state index is -3.24. The van der Waals surface area contributed by atoms with Gasteiger partial charge >= 0.3 is 0 Å². The Hall–Kier alpha value is -1.17. The quantitative estimate of drug-likeness (QED) is 0.283. The number of aliphatic imine (C=N–C) groups is 1. The highest BCUT2D eigenvalue weighted by atomic mass is 127. The van der Waals surface area contributed by atoms with Gasteiger partial charge in [0.2, 0.25) is 10.0 Å². The molecule has 0 spiro atoms. The van der Waals surface area contributed by atoms with E-state index in [0.29, 0.717) is 12.5 Å². The average molecular weight is 522 g/mol. The lowest BCUT2D eigenvalue weighted by Crippen LogP contribution is -2.38. The van der Waals surface area contributed by atoms with Crippen LogP contribution in [-0.2, 0) is 22.3 Å². The van der Waals surface area contributed by atoms with Crippen LogP contribution >= 0.6 is 35.3 Å². The van der Waals surface area contributed by atoms with Crippen LogP contribution in [-0.4, -0.2) is 35.0 Å². The summed E-state index contributed by atoms with van der Waals surface area (Å²) in [5.74, 6) is 1.15. The van der Waals surface area contributed by atoms with E-state index < -0.39 is 10.0 Å². The molecule has 6 nitrogen and oxygen atoms in total. The molecule has 1 aromatic carbocycles. The number of sulfonamides is 1. The van der Waals surface area contributed by atoms with Gasteiger partial charge in [0.05, 0.1) is 5.75 Å². The second-order valence-corrected chi connectivity index (χ2v) is 8.91. The number of hydrogen-bond donors (Lipinski definition) is 3. The van der Waals surface area contributed by atoms with Crippen LogP contribution in [0.3, 0.4) is 0 Å². The predicted octanol–water partition coefficient (Wildman–Crippen LogP) is 2.88. The fraction of sp³-hybridized carbons (Fsp3) is 0.389. The Morgan fingerprint density at radius 2 is 1.81 bits per heavy atom. The van der Waals surface area contributed by atoms with Crippen molar-refractivity contribution in [3.8, 4) is 0 Å². The van der Waals surface area contributed by atoms with E-state index in [9.17, 15) is 8.42 Å². The van der Waals surface area contributed by atoms with Crippen molar-refractivity contribution in [2.45, 2.75) is 25.1 Å². The fourth-order valence-corrected chi connectivity index (χ4v) is 3.94. The summed E-state index contributed by atoms with van der Waals surface area (Å²) in [6.07, 6.45) is 0. The van der Waals surface area contributed by atoms with Gasteiger partial charge in [-0.25, -0.2) is 13.1 Å². The maximum absolute atomic E-state index is 11.6.